The first-order chi connectivity index (χ1) is 23.8. The number of hydrogen-bond acceptors (Lipinski definition) is 8. The van der Waals surface area contributed by atoms with E-state index >= 15 is 8.78 Å². The second-order valence-corrected chi connectivity index (χ2v) is 12.9. The Morgan fingerprint density at radius 2 is 1.72 bits per heavy atom. The molecular weight excluding hydrogens is 676 g/mol. The second kappa shape index (κ2) is 13.3. The van der Waals surface area contributed by atoms with Crippen LogP contribution in [-0.2, 0) is 26.0 Å². The van der Waals surface area contributed by atoms with Crippen LogP contribution in [0.3, 0.4) is 0 Å². The van der Waals surface area contributed by atoms with Crippen molar-refractivity contribution >= 4 is 57.1 Å². The number of amides is 4. The fraction of sp³-hybridized carbons (Fsp3) is 0.118. The van der Waals surface area contributed by atoms with Crippen molar-refractivity contribution in [3.8, 4) is 11.3 Å². The number of urea groups is 1. The van der Waals surface area contributed by atoms with Crippen LogP contribution in [0, 0.1) is 17.6 Å². The summed E-state index contributed by atoms with van der Waals surface area (Å²) in [7, 11) is -2.79. The molecular formula is C34H26F2N5O8S+. The fourth-order valence-electron chi connectivity index (χ4n) is 5.42. The number of nitrogens with zero attached hydrogens (tertiary/aromatic N) is 3. The molecule has 0 fully saturated rings. The van der Waals surface area contributed by atoms with Crippen LogP contribution in [0.25, 0.3) is 11.3 Å². The van der Waals surface area contributed by atoms with E-state index in [9.17, 15) is 32.7 Å². The molecule has 0 saturated carbocycles. The average molecular weight is 703 g/mol. The van der Waals surface area contributed by atoms with E-state index in [1.54, 1.807) is 18.2 Å². The summed E-state index contributed by atoms with van der Waals surface area (Å²) in [5.74, 6) is -6.51. The first-order valence-corrected chi connectivity index (χ1v) is 16.3. The summed E-state index contributed by atoms with van der Waals surface area (Å²) in [6.07, 6.45) is 5.57. The molecule has 1 aromatic heterocycles. The van der Waals surface area contributed by atoms with Gasteiger partial charge in [0.25, 0.3) is 15.9 Å². The third kappa shape index (κ3) is 6.55. The van der Waals surface area contributed by atoms with Crippen LogP contribution >= 0.6 is 0 Å². The van der Waals surface area contributed by atoms with Crippen molar-refractivity contribution in [2.45, 2.75) is 17.4 Å². The smallest absolute Gasteiger partial charge is 0.480 e. The van der Waals surface area contributed by atoms with E-state index in [1.807, 2.05) is 0 Å². The molecule has 3 heterocycles. The zero-order chi connectivity index (χ0) is 35.7. The molecule has 3 N–H and O–H groups in total. The van der Waals surface area contributed by atoms with Gasteiger partial charge < -0.3 is 14.8 Å². The maximum atomic E-state index is 15.1. The van der Waals surface area contributed by atoms with Crippen LogP contribution in [0.2, 0.25) is 0 Å². The molecule has 13 nitrogen and oxygen atoms in total. The zero-order valence-electron chi connectivity index (χ0n) is 25.9. The number of carboxylic acid groups (broad SMARTS) is 1. The minimum absolute atomic E-state index is 0.210. The molecule has 0 radical (unpaired) electrons. The first kappa shape index (κ1) is 33.6. The molecule has 4 aromatic rings. The Kier molecular flexibility index (Phi) is 8.95. The molecule has 254 valence electrons. The third-order valence-electron chi connectivity index (χ3n) is 7.97. The highest BCUT2D eigenvalue weighted by atomic mass is 32.2. The van der Waals surface area contributed by atoms with Crippen LogP contribution in [0.15, 0.2) is 106 Å². The number of nitrogens with one attached hydrogen (secondary N) is 2. The van der Waals surface area contributed by atoms with Crippen LogP contribution in [0.5, 0.6) is 0 Å². The van der Waals surface area contributed by atoms with Crippen molar-refractivity contribution < 1.29 is 50.5 Å². The normalized spacial score (nSPS) is 16.3. The van der Waals surface area contributed by atoms with Crippen molar-refractivity contribution in [2.24, 2.45) is 10.9 Å². The van der Waals surface area contributed by atoms with E-state index in [1.165, 1.54) is 78.8 Å². The van der Waals surface area contributed by atoms with Gasteiger partial charge in [-0.05, 0) is 72.3 Å². The molecule has 2 aliphatic heterocycles. The number of carbonyl (C=O) groups excluding carboxylic acids is 3. The molecule has 1 unspecified atom stereocenters. The molecule has 0 spiro atoms. The lowest BCUT2D eigenvalue weighted by molar-refractivity contribution is -0.392. The molecule has 3 aromatic carbocycles. The van der Waals surface area contributed by atoms with Gasteiger partial charge in [-0.2, -0.15) is 9.37 Å². The lowest BCUT2D eigenvalue weighted by atomic mass is 9.97. The minimum Gasteiger partial charge on any atom is -0.480 e. The largest absolute Gasteiger partial charge is 0.506 e. The van der Waals surface area contributed by atoms with E-state index in [-0.39, 0.29) is 17.0 Å². The van der Waals surface area contributed by atoms with Gasteiger partial charge in [-0.15, -0.1) is 4.90 Å². The number of imide groups is 1. The molecule has 0 saturated heterocycles. The van der Waals surface area contributed by atoms with Gasteiger partial charge in [0.15, 0.2) is 0 Å². The maximum absolute atomic E-state index is 15.1. The molecule has 2 atom stereocenters. The van der Waals surface area contributed by atoms with Gasteiger partial charge in [0.05, 0.1) is 30.1 Å². The number of halogens is 2. The van der Waals surface area contributed by atoms with Crippen LogP contribution < -0.4 is 14.9 Å². The van der Waals surface area contributed by atoms with E-state index in [4.69, 9.17) is 4.42 Å². The van der Waals surface area contributed by atoms with Crippen LogP contribution in [-0.4, -0.2) is 66.9 Å². The van der Waals surface area contributed by atoms with Gasteiger partial charge in [0.2, 0.25) is 0 Å². The number of sulfonamides is 1. The Balaban J connectivity index is 1.14. The number of fused-ring (bicyclic) bond motifs is 1. The molecule has 16 heteroatoms. The number of anilines is 2. The summed E-state index contributed by atoms with van der Waals surface area (Å²) in [4.78, 5) is 55.7. The first-order valence-electron chi connectivity index (χ1n) is 14.8. The number of aliphatic carboxylic acids is 1. The summed E-state index contributed by atoms with van der Waals surface area (Å²) in [5.41, 5.74) is -0.0468. The summed E-state index contributed by atoms with van der Waals surface area (Å²) in [6, 6.07) is 13.6. The molecule has 4 amide bonds. The summed E-state index contributed by atoms with van der Waals surface area (Å²) >= 11 is 0. The Morgan fingerprint density at radius 1 is 1.04 bits per heavy atom. The van der Waals surface area contributed by atoms with E-state index in [0.717, 1.165) is 4.90 Å². The van der Waals surface area contributed by atoms with Crippen LogP contribution in [0.1, 0.15) is 15.9 Å². The zero-order valence-corrected chi connectivity index (χ0v) is 26.7. The molecule has 0 bridgehead atoms. The number of aliphatic imine (C=N–C) groups is 1. The number of rotatable bonds is 10. The van der Waals surface area contributed by atoms with Gasteiger partial charge in [-0.1, -0.05) is 12.1 Å². The molecule has 6 rings (SSSR count). The summed E-state index contributed by atoms with van der Waals surface area (Å²) in [5, 5.41) is 11.9. The lowest BCUT2D eigenvalue weighted by Crippen LogP contribution is -2.54. The predicted octanol–water partition coefficient (Wildman–Crippen LogP) is 4.22. The summed E-state index contributed by atoms with van der Waals surface area (Å²) < 4.78 is 64.5. The fourth-order valence-corrected chi connectivity index (χ4v) is 6.46. The topological polar surface area (TPSA) is 178 Å². The van der Waals surface area contributed by atoms with Gasteiger partial charge in [-0.25, -0.2) is 26.8 Å². The van der Waals surface area contributed by atoms with Crippen molar-refractivity contribution in [1.82, 2.24) is 5.32 Å². The van der Waals surface area contributed by atoms with Crippen molar-refractivity contribution in [2.75, 3.05) is 16.7 Å². The quantitative estimate of drug-likeness (QED) is 0.206. The molecule has 50 heavy (non-hydrogen) atoms. The SMILES string of the molecule is C[N+]1=C2C=NC=CC2C(=O)N(c2ccc(C[C@H](NC(=O)c3c(F)cc(NS(=O)(=O)c4ccc(-c5ccco5)cc4)cc3F)C(=O)O)cc2)C1=O. The minimum atomic E-state index is -4.30. The van der Waals surface area contributed by atoms with Crippen LogP contribution in [0.4, 0.5) is 25.0 Å². The van der Waals surface area contributed by atoms with Crippen molar-refractivity contribution in [3.05, 3.63) is 114 Å². The molecule has 0 aliphatic carbocycles. The van der Waals surface area contributed by atoms with E-state index < -0.39 is 68.7 Å². The number of carboxylic acids is 1. The Morgan fingerprint density at radius 3 is 2.34 bits per heavy atom. The highest BCUT2D eigenvalue weighted by Crippen LogP contribution is 2.27. The van der Waals surface area contributed by atoms with Gasteiger partial charge in [0, 0.05) is 18.2 Å². The second-order valence-electron chi connectivity index (χ2n) is 11.2. The third-order valence-corrected chi connectivity index (χ3v) is 9.37. The van der Waals surface area contributed by atoms with E-state index in [0.29, 0.717) is 34.7 Å². The van der Waals surface area contributed by atoms with Gasteiger partial charge in [-0.3, -0.25) is 14.5 Å². The van der Waals surface area contributed by atoms with Gasteiger partial charge in [0.1, 0.15) is 46.3 Å². The van der Waals surface area contributed by atoms with Crippen molar-refractivity contribution in [1.29, 1.82) is 0 Å². The Bertz CT molecular complexity index is 2210. The average Bonchev–Trinajstić information content (AvgIpc) is 3.63. The summed E-state index contributed by atoms with van der Waals surface area (Å²) in [6.45, 7) is 0. The highest BCUT2D eigenvalue weighted by molar-refractivity contribution is 7.92. The number of furan rings is 1. The maximum Gasteiger partial charge on any atom is 0.506 e. The molecule has 2 aliphatic rings. The van der Waals surface area contributed by atoms with Gasteiger partial charge >= 0.3 is 17.9 Å². The predicted molar refractivity (Wildman–Crippen MR) is 176 cm³/mol. The highest BCUT2D eigenvalue weighted by Gasteiger charge is 2.47. The lowest BCUT2D eigenvalue weighted by Gasteiger charge is -2.24. The number of hydrogen-bond donors (Lipinski definition) is 3. The van der Waals surface area contributed by atoms with Crippen molar-refractivity contribution in [3.63, 3.8) is 0 Å². The Labute approximate surface area is 282 Å². The van der Waals surface area contributed by atoms with E-state index in [2.05, 4.69) is 15.0 Å². The number of benzene rings is 3. The number of carbonyl (C=O) groups is 4. The monoisotopic (exact) mass is 702 g/mol. The Hall–Kier alpha value is -6.29. The standard InChI is InChI=1S/C34H25F2N5O8S/c1-40-28-18-37-13-12-24(28)32(43)41(34(40)46)22-8-4-19(5-9-22)15-27(33(44)45)38-31(42)30-25(35)16-21(17-26(30)36)39-50(47,48)23-10-6-20(7-11-23)29-3-2-14-49-29/h2-14,16-18,24,27H,15H2,1H3,(H2-,38,39,42,44,45)/p+1/t24?,27-/m0/s1.